The summed E-state index contributed by atoms with van der Waals surface area (Å²) in [4.78, 5) is 4.26. The smallest absolute Gasteiger partial charge is 0.0343 e. The first kappa shape index (κ1) is 9.10. The lowest BCUT2D eigenvalue weighted by atomic mass is 9.78. The number of nitrogens with one attached hydrogen (secondary N) is 1. The maximum atomic E-state index is 4.26. The summed E-state index contributed by atoms with van der Waals surface area (Å²) < 4.78 is 0. The molecular weight excluding hydrogens is 184 g/mol. The maximum Gasteiger partial charge on any atom is 0.0343 e. The van der Waals surface area contributed by atoms with Gasteiger partial charge >= 0.3 is 0 Å². The first-order chi connectivity index (χ1) is 7.33. The molecule has 1 N–H and O–H groups in total. The summed E-state index contributed by atoms with van der Waals surface area (Å²) >= 11 is 0. The van der Waals surface area contributed by atoms with Crippen LogP contribution in [0.3, 0.4) is 0 Å². The van der Waals surface area contributed by atoms with Crippen molar-refractivity contribution in [2.45, 2.75) is 25.8 Å². The van der Waals surface area contributed by atoms with E-state index < -0.39 is 0 Å². The largest absolute Gasteiger partial charge is 0.313 e. The molecular formula is C13H16N2. The van der Waals surface area contributed by atoms with Crippen LogP contribution < -0.4 is 5.32 Å². The first-order valence-corrected chi connectivity index (χ1v) is 5.67. The highest BCUT2D eigenvalue weighted by Gasteiger charge is 2.32. The number of rotatable bonds is 1. The minimum atomic E-state index is 0.727. The van der Waals surface area contributed by atoms with Crippen LogP contribution in [0.25, 0.3) is 5.57 Å². The van der Waals surface area contributed by atoms with E-state index >= 15 is 0 Å². The van der Waals surface area contributed by atoms with Crippen LogP contribution in [-0.2, 0) is 0 Å². The van der Waals surface area contributed by atoms with Gasteiger partial charge in [0, 0.05) is 25.0 Å². The minimum Gasteiger partial charge on any atom is -0.313 e. The van der Waals surface area contributed by atoms with Gasteiger partial charge in [-0.1, -0.05) is 6.08 Å². The summed E-state index contributed by atoms with van der Waals surface area (Å²) in [6.45, 7) is 3.31. The molecule has 2 heterocycles. The van der Waals surface area contributed by atoms with Crippen molar-refractivity contribution in [1.29, 1.82) is 0 Å². The van der Waals surface area contributed by atoms with Gasteiger partial charge in [0.15, 0.2) is 0 Å². The van der Waals surface area contributed by atoms with E-state index in [1.807, 2.05) is 12.4 Å². The number of aryl methyl sites for hydroxylation is 1. The van der Waals surface area contributed by atoms with E-state index in [0.29, 0.717) is 0 Å². The zero-order valence-corrected chi connectivity index (χ0v) is 9.03. The van der Waals surface area contributed by atoms with E-state index in [2.05, 4.69) is 29.4 Å². The molecule has 1 saturated heterocycles. The summed E-state index contributed by atoms with van der Waals surface area (Å²) in [5.41, 5.74) is 4.03. The number of allylic oxidation sites excluding steroid dienone is 1. The Hall–Kier alpha value is -1.15. The first-order valence-electron chi connectivity index (χ1n) is 5.67. The van der Waals surface area contributed by atoms with Gasteiger partial charge < -0.3 is 5.32 Å². The van der Waals surface area contributed by atoms with Gasteiger partial charge in [-0.3, -0.25) is 4.98 Å². The standard InChI is InChI=1S/C13H16N2/c1-9-4-12(7-14-6-9)10-2-3-11-8-15-13(11)5-10/h2,4,6-7,11,13,15H,3,5,8H2,1H3/t11-,13-/m1/s1. The molecule has 1 aromatic rings. The number of hydrogen-bond acceptors (Lipinski definition) is 2. The average molecular weight is 200 g/mol. The highest BCUT2D eigenvalue weighted by atomic mass is 15.0. The van der Waals surface area contributed by atoms with Crippen LogP contribution in [-0.4, -0.2) is 17.6 Å². The fraction of sp³-hybridized carbons (Fsp3) is 0.462. The van der Waals surface area contributed by atoms with Gasteiger partial charge in [0.2, 0.25) is 0 Å². The number of aromatic nitrogens is 1. The second kappa shape index (κ2) is 3.46. The molecule has 2 atom stereocenters. The van der Waals surface area contributed by atoms with Crippen molar-refractivity contribution in [3.63, 3.8) is 0 Å². The summed E-state index contributed by atoms with van der Waals surface area (Å²) in [7, 11) is 0. The van der Waals surface area contributed by atoms with Crippen LogP contribution in [0.1, 0.15) is 24.0 Å². The van der Waals surface area contributed by atoms with Crippen molar-refractivity contribution in [2.75, 3.05) is 6.54 Å². The molecule has 0 aromatic carbocycles. The Labute approximate surface area is 90.4 Å². The highest BCUT2D eigenvalue weighted by Crippen LogP contribution is 2.34. The van der Waals surface area contributed by atoms with Gasteiger partial charge in [-0.05, 0) is 48.4 Å². The molecule has 0 amide bonds. The van der Waals surface area contributed by atoms with E-state index in [9.17, 15) is 0 Å². The molecule has 0 bridgehead atoms. The average Bonchev–Trinajstić information content (AvgIpc) is 2.20. The molecule has 0 saturated carbocycles. The maximum absolute atomic E-state index is 4.26. The molecule has 2 nitrogen and oxygen atoms in total. The van der Waals surface area contributed by atoms with Gasteiger partial charge in [-0.15, -0.1) is 0 Å². The van der Waals surface area contributed by atoms with Crippen molar-refractivity contribution >= 4 is 5.57 Å². The number of fused-ring (bicyclic) bond motifs is 1. The fourth-order valence-electron chi connectivity index (χ4n) is 2.52. The summed E-state index contributed by atoms with van der Waals surface area (Å²) in [5.74, 6) is 0.895. The predicted molar refractivity (Wildman–Crippen MR) is 61.5 cm³/mol. The molecule has 1 aliphatic carbocycles. The van der Waals surface area contributed by atoms with Gasteiger partial charge in [0.05, 0.1) is 0 Å². The van der Waals surface area contributed by atoms with E-state index in [-0.39, 0.29) is 0 Å². The third kappa shape index (κ3) is 1.59. The van der Waals surface area contributed by atoms with Crippen molar-refractivity contribution in [3.05, 3.63) is 35.7 Å². The summed E-state index contributed by atoms with van der Waals surface area (Å²) in [6, 6.07) is 2.96. The molecule has 15 heavy (non-hydrogen) atoms. The fourth-order valence-corrected chi connectivity index (χ4v) is 2.52. The molecule has 3 rings (SSSR count). The van der Waals surface area contributed by atoms with Crippen LogP contribution in [0.2, 0.25) is 0 Å². The summed E-state index contributed by atoms with van der Waals surface area (Å²) in [6.07, 6.45) is 8.71. The molecule has 1 aliphatic heterocycles. The van der Waals surface area contributed by atoms with Crippen molar-refractivity contribution < 1.29 is 0 Å². The normalized spacial score (nSPS) is 29.0. The van der Waals surface area contributed by atoms with Gasteiger partial charge in [0.1, 0.15) is 0 Å². The molecule has 2 aliphatic rings. The Bertz CT molecular complexity index is 409. The van der Waals surface area contributed by atoms with Crippen LogP contribution in [0.15, 0.2) is 24.5 Å². The lowest BCUT2D eigenvalue weighted by Gasteiger charge is -2.41. The molecule has 0 radical (unpaired) electrons. The Morgan fingerprint density at radius 3 is 3.00 bits per heavy atom. The van der Waals surface area contributed by atoms with Crippen LogP contribution in [0, 0.1) is 12.8 Å². The van der Waals surface area contributed by atoms with E-state index in [1.54, 1.807) is 0 Å². The van der Waals surface area contributed by atoms with Gasteiger partial charge in [-0.2, -0.15) is 0 Å². The quantitative estimate of drug-likeness (QED) is 0.751. The minimum absolute atomic E-state index is 0.727. The van der Waals surface area contributed by atoms with E-state index in [0.717, 1.165) is 12.0 Å². The highest BCUT2D eigenvalue weighted by molar-refractivity contribution is 5.67. The van der Waals surface area contributed by atoms with Gasteiger partial charge in [0.25, 0.3) is 0 Å². The monoisotopic (exact) mass is 200 g/mol. The molecule has 0 spiro atoms. The molecule has 0 unspecified atom stereocenters. The van der Waals surface area contributed by atoms with E-state index in [1.165, 1.54) is 36.1 Å². The SMILES string of the molecule is Cc1cncc(C2=CC[C@@H]3CN[C@@H]3C2)c1. The molecule has 78 valence electrons. The van der Waals surface area contributed by atoms with Crippen LogP contribution in [0.4, 0.5) is 0 Å². The van der Waals surface area contributed by atoms with Crippen molar-refractivity contribution in [1.82, 2.24) is 10.3 Å². The Kier molecular flexibility index (Phi) is 2.10. The number of hydrogen-bond donors (Lipinski definition) is 1. The lowest BCUT2D eigenvalue weighted by molar-refractivity contribution is 0.231. The van der Waals surface area contributed by atoms with Crippen molar-refractivity contribution in [2.24, 2.45) is 5.92 Å². The Morgan fingerprint density at radius 2 is 2.33 bits per heavy atom. The topological polar surface area (TPSA) is 24.9 Å². The van der Waals surface area contributed by atoms with Gasteiger partial charge in [-0.25, -0.2) is 0 Å². The number of pyridine rings is 1. The van der Waals surface area contributed by atoms with Crippen LogP contribution in [0.5, 0.6) is 0 Å². The van der Waals surface area contributed by atoms with Crippen molar-refractivity contribution in [3.8, 4) is 0 Å². The summed E-state index contributed by atoms with van der Waals surface area (Å²) in [5, 5.41) is 3.50. The Balaban J connectivity index is 1.88. The lowest BCUT2D eigenvalue weighted by Crippen LogP contribution is -2.53. The number of nitrogens with zero attached hydrogens (tertiary/aromatic N) is 1. The Morgan fingerprint density at radius 1 is 1.40 bits per heavy atom. The predicted octanol–water partition coefficient (Wildman–Crippen LogP) is 2.16. The third-order valence-corrected chi connectivity index (χ3v) is 3.56. The zero-order valence-electron chi connectivity index (χ0n) is 9.03. The third-order valence-electron chi connectivity index (χ3n) is 3.56. The molecule has 2 heteroatoms. The molecule has 1 aromatic heterocycles. The van der Waals surface area contributed by atoms with E-state index in [4.69, 9.17) is 0 Å². The van der Waals surface area contributed by atoms with Crippen LogP contribution >= 0.6 is 0 Å². The second-order valence-corrected chi connectivity index (χ2v) is 4.69. The second-order valence-electron chi connectivity index (χ2n) is 4.69. The zero-order chi connectivity index (χ0) is 10.3. The molecule has 1 fully saturated rings.